The largest absolute Gasteiger partial charge is 0.370 e. The summed E-state index contributed by atoms with van der Waals surface area (Å²) in [6.07, 6.45) is 4.14. The Morgan fingerprint density at radius 1 is 1.43 bits per heavy atom. The van der Waals surface area contributed by atoms with Gasteiger partial charge in [-0.2, -0.15) is 0 Å². The number of aromatic nitrogens is 2. The molecular weight excluding hydrogens is 296 g/mol. The molecule has 1 aromatic heterocycles. The molecule has 0 saturated carbocycles. The van der Waals surface area contributed by atoms with Gasteiger partial charge in [0.25, 0.3) is 0 Å². The van der Waals surface area contributed by atoms with Gasteiger partial charge in [-0.25, -0.2) is 13.4 Å². The summed E-state index contributed by atoms with van der Waals surface area (Å²) in [4.78, 5) is 17.2. The van der Waals surface area contributed by atoms with E-state index >= 15 is 0 Å². The first kappa shape index (κ1) is 15.0. The van der Waals surface area contributed by atoms with E-state index in [1.165, 1.54) is 18.2 Å². The zero-order valence-corrected chi connectivity index (χ0v) is 12.2. The van der Waals surface area contributed by atoms with Gasteiger partial charge >= 0.3 is 5.69 Å². The molecule has 1 atom stereocenters. The lowest BCUT2D eigenvalue weighted by molar-refractivity contribution is -0.386. The first-order valence-electron chi connectivity index (χ1n) is 6.04. The van der Waals surface area contributed by atoms with Crippen molar-refractivity contribution in [2.24, 2.45) is 0 Å². The van der Waals surface area contributed by atoms with Crippen LogP contribution in [0.15, 0.2) is 35.5 Å². The van der Waals surface area contributed by atoms with Gasteiger partial charge in [-0.15, -0.1) is 0 Å². The lowest BCUT2D eigenvalue weighted by Crippen LogP contribution is -2.12. The minimum absolute atomic E-state index is 0.131. The predicted molar refractivity (Wildman–Crippen MR) is 76.8 cm³/mol. The average Bonchev–Trinajstić information content (AvgIpc) is 2.91. The van der Waals surface area contributed by atoms with Gasteiger partial charge in [0.2, 0.25) is 0 Å². The van der Waals surface area contributed by atoms with Crippen LogP contribution in [0.4, 0.5) is 11.4 Å². The van der Waals surface area contributed by atoms with Gasteiger partial charge in [0.1, 0.15) is 16.4 Å². The van der Waals surface area contributed by atoms with Gasteiger partial charge in [-0.05, 0) is 19.1 Å². The Bertz CT molecular complexity index is 756. The molecule has 0 radical (unpaired) electrons. The second kappa shape index (κ2) is 5.52. The zero-order valence-electron chi connectivity index (χ0n) is 11.4. The third-order valence-electron chi connectivity index (χ3n) is 2.88. The minimum atomic E-state index is -3.70. The topological polar surface area (TPSA) is 118 Å². The van der Waals surface area contributed by atoms with Crippen LogP contribution in [0, 0.1) is 10.1 Å². The van der Waals surface area contributed by atoms with Crippen LogP contribution in [0.1, 0.15) is 18.8 Å². The summed E-state index contributed by atoms with van der Waals surface area (Å²) in [6.45, 7) is 1.76. The highest BCUT2D eigenvalue weighted by Crippen LogP contribution is 2.33. The molecule has 0 amide bonds. The van der Waals surface area contributed by atoms with Crippen LogP contribution in [0.3, 0.4) is 0 Å². The van der Waals surface area contributed by atoms with E-state index in [1.807, 2.05) is 0 Å². The highest BCUT2D eigenvalue weighted by atomic mass is 32.2. The summed E-state index contributed by atoms with van der Waals surface area (Å²) < 4.78 is 23.3. The molecule has 1 unspecified atom stereocenters. The van der Waals surface area contributed by atoms with Crippen molar-refractivity contribution in [2.75, 3.05) is 11.6 Å². The van der Waals surface area contributed by atoms with Crippen molar-refractivity contribution in [3.05, 3.63) is 46.5 Å². The Labute approximate surface area is 121 Å². The number of sulfone groups is 1. The molecule has 1 aromatic carbocycles. The molecule has 1 heterocycles. The van der Waals surface area contributed by atoms with E-state index in [0.29, 0.717) is 5.82 Å². The van der Waals surface area contributed by atoms with Gasteiger partial charge in [-0.3, -0.25) is 10.1 Å². The predicted octanol–water partition coefficient (Wildman–Crippen LogP) is 1.89. The number of rotatable bonds is 5. The SMILES string of the molecule is CC(Nc1cccc(S(C)(=O)=O)c1[N+](=O)[O-])c1ncc[nH]1. The number of nitro groups is 1. The number of hydrogen-bond donors (Lipinski definition) is 2. The maximum atomic E-state index is 11.7. The molecule has 8 nitrogen and oxygen atoms in total. The molecule has 0 spiro atoms. The lowest BCUT2D eigenvalue weighted by atomic mass is 10.2. The smallest absolute Gasteiger partial charge is 0.310 e. The van der Waals surface area contributed by atoms with Crippen LogP contribution in [0.2, 0.25) is 0 Å². The van der Waals surface area contributed by atoms with Crippen LogP contribution in [-0.2, 0) is 9.84 Å². The van der Waals surface area contributed by atoms with Crippen LogP contribution < -0.4 is 5.32 Å². The van der Waals surface area contributed by atoms with Crippen LogP contribution in [-0.4, -0.2) is 29.6 Å². The van der Waals surface area contributed by atoms with E-state index in [-0.39, 0.29) is 16.6 Å². The van der Waals surface area contributed by atoms with Crippen molar-refractivity contribution in [3.8, 4) is 0 Å². The van der Waals surface area contributed by atoms with Crippen molar-refractivity contribution in [3.63, 3.8) is 0 Å². The number of benzene rings is 1. The number of H-pyrrole nitrogens is 1. The fraction of sp³-hybridized carbons (Fsp3) is 0.250. The molecule has 0 aliphatic carbocycles. The molecule has 0 aliphatic rings. The number of nitrogens with zero attached hydrogens (tertiary/aromatic N) is 2. The standard InChI is InChI=1S/C12H14N4O4S/c1-8(12-13-6-7-14-12)15-9-4-3-5-10(21(2,19)20)11(9)16(17)18/h3-8,15H,1-2H3,(H,13,14). The highest BCUT2D eigenvalue weighted by molar-refractivity contribution is 7.90. The van der Waals surface area contributed by atoms with Crippen molar-refractivity contribution in [1.29, 1.82) is 0 Å². The third-order valence-corrected chi connectivity index (χ3v) is 4.01. The quantitative estimate of drug-likeness (QED) is 0.643. The van der Waals surface area contributed by atoms with Crippen molar-refractivity contribution < 1.29 is 13.3 Å². The molecule has 2 rings (SSSR count). The third kappa shape index (κ3) is 3.19. The molecule has 9 heteroatoms. The van der Waals surface area contributed by atoms with E-state index < -0.39 is 20.4 Å². The van der Waals surface area contributed by atoms with E-state index in [0.717, 1.165) is 6.26 Å². The maximum Gasteiger partial charge on any atom is 0.310 e. The number of hydrogen-bond acceptors (Lipinski definition) is 6. The average molecular weight is 310 g/mol. The van der Waals surface area contributed by atoms with Crippen LogP contribution in [0.25, 0.3) is 0 Å². The zero-order chi connectivity index (χ0) is 15.6. The second-order valence-electron chi connectivity index (χ2n) is 4.52. The molecule has 2 N–H and O–H groups in total. The summed E-state index contributed by atoms with van der Waals surface area (Å²) in [5.41, 5.74) is -0.328. The molecule has 0 bridgehead atoms. The van der Waals surface area contributed by atoms with Crippen LogP contribution in [0.5, 0.6) is 0 Å². The van der Waals surface area contributed by atoms with Gasteiger partial charge < -0.3 is 10.3 Å². The van der Waals surface area contributed by atoms with Crippen molar-refractivity contribution in [2.45, 2.75) is 17.9 Å². The van der Waals surface area contributed by atoms with Crippen molar-refractivity contribution >= 4 is 21.2 Å². The van der Waals surface area contributed by atoms with E-state index in [2.05, 4.69) is 15.3 Å². The van der Waals surface area contributed by atoms with Crippen LogP contribution >= 0.6 is 0 Å². The number of nitro benzene ring substituents is 1. The summed E-state index contributed by atoms with van der Waals surface area (Å²) in [7, 11) is -3.70. The first-order valence-corrected chi connectivity index (χ1v) is 7.93. The second-order valence-corrected chi connectivity index (χ2v) is 6.51. The summed E-state index contributed by atoms with van der Waals surface area (Å²) in [5, 5.41) is 14.1. The molecule has 2 aromatic rings. The fourth-order valence-corrected chi connectivity index (χ4v) is 2.80. The monoisotopic (exact) mass is 310 g/mol. The normalized spacial score (nSPS) is 12.9. The summed E-state index contributed by atoms with van der Waals surface area (Å²) in [5.74, 6) is 0.592. The Morgan fingerprint density at radius 3 is 2.67 bits per heavy atom. The number of aromatic amines is 1. The number of nitrogens with one attached hydrogen (secondary N) is 2. The minimum Gasteiger partial charge on any atom is -0.370 e. The van der Waals surface area contributed by atoms with E-state index in [1.54, 1.807) is 19.3 Å². The Hall–Kier alpha value is -2.42. The van der Waals surface area contributed by atoms with Gasteiger partial charge in [0, 0.05) is 18.6 Å². The number of imidazole rings is 1. The molecule has 0 fully saturated rings. The molecule has 0 saturated heterocycles. The first-order chi connectivity index (χ1) is 9.80. The van der Waals surface area contributed by atoms with Gasteiger partial charge in [-0.1, -0.05) is 6.07 Å². The summed E-state index contributed by atoms with van der Waals surface area (Å²) >= 11 is 0. The fourth-order valence-electron chi connectivity index (χ4n) is 1.94. The van der Waals surface area contributed by atoms with E-state index in [4.69, 9.17) is 0 Å². The van der Waals surface area contributed by atoms with Gasteiger partial charge in [0.15, 0.2) is 9.84 Å². The Morgan fingerprint density at radius 2 is 2.14 bits per heavy atom. The Balaban J connectivity index is 2.47. The molecular formula is C12H14N4O4S. The Kier molecular flexibility index (Phi) is 3.94. The molecule has 0 aliphatic heterocycles. The van der Waals surface area contributed by atoms with E-state index in [9.17, 15) is 18.5 Å². The van der Waals surface area contributed by atoms with Crippen molar-refractivity contribution in [1.82, 2.24) is 9.97 Å². The molecule has 21 heavy (non-hydrogen) atoms. The van der Waals surface area contributed by atoms with Gasteiger partial charge in [0.05, 0.1) is 11.0 Å². The maximum absolute atomic E-state index is 11.7. The highest BCUT2D eigenvalue weighted by Gasteiger charge is 2.27. The number of anilines is 1. The number of para-hydroxylation sites is 1. The summed E-state index contributed by atoms with van der Waals surface area (Å²) in [6, 6.07) is 3.80. The molecule has 112 valence electrons. The lowest BCUT2D eigenvalue weighted by Gasteiger charge is -2.14.